The Kier molecular flexibility index (Phi) is 4.57. The number of hydrogen-bond donors (Lipinski definition) is 2. The summed E-state index contributed by atoms with van der Waals surface area (Å²) in [6.07, 6.45) is 2.09. The van der Waals surface area contributed by atoms with Gasteiger partial charge in [0.2, 0.25) is 0 Å². The third-order valence-corrected chi connectivity index (χ3v) is 3.65. The average Bonchev–Trinajstić information content (AvgIpc) is 2.36. The second-order valence-corrected chi connectivity index (χ2v) is 6.73. The molecule has 0 saturated heterocycles. The Hall–Kier alpha value is -1.55. The van der Waals surface area contributed by atoms with Gasteiger partial charge in [-0.25, -0.2) is 4.79 Å². The Bertz CT molecular complexity index is 517. The van der Waals surface area contributed by atoms with Crippen molar-refractivity contribution in [2.24, 2.45) is 0 Å². The molecule has 1 aromatic rings. The van der Waals surface area contributed by atoms with E-state index in [9.17, 15) is 9.90 Å². The molecule has 0 saturated carbocycles. The fraction of sp³-hybridized carbons (Fsp3) is 0.588. The molecule has 0 radical (unpaired) electrons. The zero-order chi connectivity index (χ0) is 15.6. The van der Waals surface area contributed by atoms with E-state index in [-0.39, 0.29) is 12.1 Å². The summed E-state index contributed by atoms with van der Waals surface area (Å²) in [5.41, 5.74) is 2.78. The number of nitrogens with one attached hydrogen (secondary N) is 1. The number of carbonyl (C=O) groups is 1. The number of hydrogen-bond acceptors (Lipinski definition) is 3. The predicted molar refractivity (Wildman–Crippen MR) is 82.1 cm³/mol. The summed E-state index contributed by atoms with van der Waals surface area (Å²) in [5, 5.41) is 12.6. The highest BCUT2D eigenvalue weighted by molar-refractivity contribution is 5.68. The molecule has 2 N–H and O–H groups in total. The molecule has 1 aromatic carbocycles. The molecule has 2 rings (SSSR count). The minimum absolute atomic E-state index is 0.00773. The molecule has 0 heterocycles. The molecule has 0 unspecified atom stereocenters. The van der Waals surface area contributed by atoms with Crippen molar-refractivity contribution in [1.82, 2.24) is 5.32 Å². The zero-order valence-electron chi connectivity index (χ0n) is 13.3. The highest BCUT2D eigenvalue weighted by Crippen LogP contribution is 2.31. The first-order chi connectivity index (χ1) is 9.76. The van der Waals surface area contributed by atoms with E-state index in [0.717, 1.165) is 30.4 Å². The predicted octanol–water partition coefficient (Wildman–Crippen LogP) is 3.64. The van der Waals surface area contributed by atoms with Crippen LogP contribution in [0, 0.1) is 0 Å². The van der Waals surface area contributed by atoms with Gasteiger partial charge >= 0.3 is 6.09 Å². The van der Waals surface area contributed by atoms with Crippen LogP contribution in [0.3, 0.4) is 0 Å². The molecule has 116 valence electrons. The fourth-order valence-electron chi connectivity index (χ4n) is 2.69. The third kappa shape index (κ3) is 4.21. The van der Waals surface area contributed by atoms with E-state index in [4.69, 9.17) is 4.74 Å². The number of fused-ring (bicyclic) bond motifs is 1. The van der Waals surface area contributed by atoms with E-state index in [1.54, 1.807) is 6.92 Å². The van der Waals surface area contributed by atoms with Gasteiger partial charge in [0.1, 0.15) is 5.60 Å². The number of ether oxygens (including phenoxy) is 1. The van der Waals surface area contributed by atoms with Gasteiger partial charge in [0, 0.05) is 0 Å². The Morgan fingerprint density at radius 1 is 1.43 bits per heavy atom. The smallest absolute Gasteiger partial charge is 0.408 e. The minimum Gasteiger partial charge on any atom is -0.444 e. The molecule has 0 aromatic heterocycles. The van der Waals surface area contributed by atoms with Crippen molar-refractivity contribution < 1.29 is 14.6 Å². The normalized spacial score (nSPS) is 19.6. The molecule has 1 amide bonds. The first-order valence-electron chi connectivity index (χ1n) is 7.56. The number of aliphatic hydroxyl groups is 1. The van der Waals surface area contributed by atoms with E-state index in [2.05, 4.69) is 5.32 Å². The molecule has 4 heteroatoms. The lowest BCUT2D eigenvalue weighted by Crippen LogP contribution is -2.36. The van der Waals surface area contributed by atoms with Crippen LogP contribution in [-0.4, -0.2) is 16.8 Å². The third-order valence-electron chi connectivity index (χ3n) is 3.65. The zero-order valence-corrected chi connectivity index (χ0v) is 13.3. The molecular weight excluding hydrogens is 266 g/mol. The monoisotopic (exact) mass is 291 g/mol. The standard InChI is InChI=1S/C17H25NO3/c1-11(19)12-8-9-14-13(10-12)6-5-7-15(14)18-16(20)21-17(2,3)4/h8-11,15,19H,5-7H2,1-4H3,(H,18,20)/t11-,15-/m1/s1. The lowest BCUT2D eigenvalue weighted by Gasteiger charge is -2.28. The van der Waals surface area contributed by atoms with Crippen molar-refractivity contribution in [1.29, 1.82) is 0 Å². The maximum Gasteiger partial charge on any atom is 0.408 e. The lowest BCUT2D eigenvalue weighted by atomic mass is 9.86. The molecule has 0 fully saturated rings. The van der Waals surface area contributed by atoms with E-state index >= 15 is 0 Å². The van der Waals surface area contributed by atoms with Crippen LogP contribution >= 0.6 is 0 Å². The van der Waals surface area contributed by atoms with E-state index in [1.807, 2.05) is 39.0 Å². The van der Waals surface area contributed by atoms with Crippen molar-refractivity contribution in [3.63, 3.8) is 0 Å². The molecule has 1 aliphatic rings. The molecular formula is C17H25NO3. The van der Waals surface area contributed by atoms with Crippen LogP contribution in [0.1, 0.15) is 69.4 Å². The van der Waals surface area contributed by atoms with Gasteiger partial charge < -0.3 is 15.2 Å². The highest BCUT2D eigenvalue weighted by atomic mass is 16.6. The second kappa shape index (κ2) is 6.06. The van der Waals surface area contributed by atoms with Crippen LogP contribution in [0.2, 0.25) is 0 Å². The van der Waals surface area contributed by atoms with Crippen LogP contribution in [-0.2, 0) is 11.2 Å². The average molecular weight is 291 g/mol. The quantitative estimate of drug-likeness (QED) is 0.874. The molecule has 2 atom stereocenters. The highest BCUT2D eigenvalue weighted by Gasteiger charge is 2.25. The largest absolute Gasteiger partial charge is 0.444 e. The number of rotatable bonds is 2. The minimum atomic E-state index is -0.488. The number of aliphatic hydroxyl groups excluding tert-OH is 1. The summed E-state index contributed by atoms with van der Waals surface area (Å²) in [7, 11) is 0. The number of benzene rings is 1. The van der Waals surface area contributed by atoms with Crippen molar-refractivity contribution in [2.75, 3.05) is 0 Å². The maximum atomic E-state index is 11.9. The summed E-state index contributed by atoms with van der Waals surface area (Å²) < 4.78 is 5.33. The molecule has 0 spiro atoms. The number of carbonyl (C=O) groups excluding carboxylic acids is 1. The van der Waals surface area contributed by atoms with Crippen molar-refractivity contribution >= 4 is 6.09 Å². The summed E-state index contributed by atoms with van der Waals surface area (Å²) in [5.74, 6) is 0. The Labute approximate surface area is 126 Å². The van der Waals surface area contributed by atoms with Crippen LogP contribution in [0.15, 0.2) is 18.2 Å². The van der Waals surface area contributed by atoms with Gasteiger partial charge in [-0.3, -0.25) is 0 Å². The van der Waals surface area contributed by atoms with Gasteiger partial charge in [-0.15, -0.1) is 0 Å². The topological polar surface area (TPSA) is 58.6 Å². The number of aryl methyl sites for hydroxylation is 1. The van der Waals surface area contributed by atoms with Crippen LogP contribution in [0.4, 0.5) is 4.79 Å². The molecule has 4 nitrogen and oxygen atoms in total. The Balaban J connectivity index is 2.13. The number of amides is 1. The Morgan fingerprint density at radius 2 is 2.14 bits per heavy atom. The van der Waals surface area contributed by atoms with Gasteiger partial charge in [0.25, 0.3) is 0 Å². The van der Waals surface area contributed by atoms with E-state index in [1.165, 1.54) is 5.56 Å². The molecule has 1 aliphatic carbocycles. The van der Waals surface area contributed by atoms with Gasteiger partial charge in [0.05, 0.1) is 12.1 Å². The lowest BCUT2D eigenvalue weighted by molar-refractivity contribution is 0.0498. The van der Waals surface area contributed by atoms with Gasteiger partial charge in [-0.1, -0.05) is 18.2 Å². The second-order valence-electron chi connectivity index (χ2n) is 6.73. The van der Waals surface area contributed by atoms with E-state index in [0.29, 0.717) is 0 Å². The van der Waals surface area contributed by atoms with Gasteiger partial charge in [0.15, 0.2) is 0 Å². The SMILES string of the molecule is C[C@@H](O)c1ccc2c(c1)CCC[C@H]2NC(=O)OC(C)(C)C. The van der Waals surface area contributed by atoms with Crippen molar-refractivity contribution in [3.05, 3.63) is 34.9 Å². The molecule has 21 heavy (non-hydrogen) atoms. The van der Waals surface area contributed by atoms with Crippen LogP contribution in [0.25, 0.3) is 0 Å². The first kappa shape index (κ1) is 15.8. The summed E-state index contributed by atoms with van der Waals surface area (Å²) in [6, 6.07) is 5.98. The van der Waals surface area contributed by atoms with Gasteiger partial charge in [-0.05, 0) is 63.6 Å². The summed E-state index contributed by atoms with van der Waals surface area (Å²) in [4.78, 5) is 11.9. The summed E-state index contributed by atoms with van der Waals surface area (Å²) in [6.45, 7) is 7.34. The van der Waals surface area contributed by atoms with Crippen LogP contribution < -0.4 is 5.32 Å². The first-order valence-corrected chi connectivity index (χ1v) is 7.56. The Morgan fingerprint density at radius 3 is 2.76 bits per heavy atom. The van der Waals surface area contributed by atoms with Crippen molar-refractivity contribution in [3.8, 4) is 0 Å². The van der Waals surface area contributed by atoms with Crippen LogP contribution in [0.5, 0.6) is 0 Å². The van der Waals surface area contributed by atoms with Gasteiger partial charge in [-0.2, -0.15) is 0 Å². The molecule has 0 bridgehead atoms. The number of alkyl carbamates (subject to hydrolysis) is 1. The molecule has 0 aliphatic heterocycles. The van der Waals surface area contributed by atoms with Crippen molar-refractivity contribution in [2.45, 2.75) is 64.7 Å². The van der Waals surface area contributed by atoms with E-state index < -0.39 is 11.7 Å². The maximum absolute atomic E-state index is 11.9. The summed E-state index contributed by atoms with van der Waals surface area (Å²) >= 11 is 0. The fourth-order valence-corrected chi connectivity index (χ4v) is 2.69.